The summed E-state index contributed by atoms with van der Waals surface area (Å²) in [5.74, 6) is 0.275. The van der Waals surface area contributed by atoms with Gasteiger partial charge in [0.2, 0.25) is 0 Å². The quantitative estimate of drug-likeness (QED) is 0.688. The van der Waals surface area contributed by atoms with Crippen molar-refractivity contribution in [2.75, 3.05) is 20.3 Å². The highest BCUT2D eigenvalue weighted by molar-refractivity contribution is 5.73. The fourth-order valence-electron chi connectivity index (χ4n) is 1.96. The van der Waals surface area contributed by atoms with Gasteiger partial charge in [0.15, 0.2) is 0 Å². The summed E-state index contributed by atoms with van der Waals surface area (Å²) < 4.78 is 18.3. The number of carbonyl (C=O) groups excluding carboxylic acids is 1. The first-order valence-corrected chi connectivity index (χ1v) is 7.05. The first-order valence-electron chi connectivity index (χ1n) is 7.05. The van der Waals surface area contributed by atoms with E-state index in [-0.39, 0.29) is 25.1 Å². The fourth-order valence-corrected chi connectivity index (χ4v) is 1.96. The molecular weight excluding hydrogens is 275 g/mol. The number of benzene rings is 1. The molecule has 1 aromatic rings. The molecule has 0 aliphatic rings. The van der Waals surface area contributed by atoms with Gasteiger partial charge >= 0.3 is 6.03 Å². The van der Waals surface area contributed by atoms with Crippen molar-refractivity contribution >= 4 is 6.03 Å². The van der Waals surface area contributed by atoms with Crippen molar-refractivity contribution in [3.8, 4) is 5.75 Å². The van der Waals surface area contributed by atoms with Gasteiger partial charge < -0.3 is 20.5 Å². The number of aliphatic hydroxyl groups excluding tert-OH is 1. The van der Waals surface area contributed by atoms with Crippen LogP contribution in [-0.4, -0.2) is 31.4 Å². The number of halogens is 1. The van der Waals surface area contributed by atoms with Gasteiger partial charge in [-0.1, -0.05) is 13.3 Å². The maximum absolute atomic E-state index is 13.3. The first-order chi connectivity index (χ1) is 10.1. The van der Waals surface area contributed by atoms with E-state index in [1.54, 1.807) is 6.07 Å². The molecule has 1 rings (SSSR count). The molecule has 0 fully saturated rings. The zero-order chi connectivity index (χ0) is 15.7. The number of ether oxygens (including phenoxy) is 1. The van der Waals surface area contributed by atoms with Crippen LogP contribution in [0, 0.1) is 11.7 Å². The number of nitrogens with one attached hydrogen (secondary N) is 2. The van der Waals surface area contributed by atoms with E-state index >= 15 is 0 Å². The topological polar surface area (TPSA) is 70.6 Å². The van der Waals surface area contributed by atoms with Gasteiger partial charge in [0.1, 0.15) is 11.6 Å². The fraction of sp³-hybridized carbons (Fsp3) is 0.533. The average Bonchev–Trinajstić information content (AvgIpc) is 2.48. The van der Waals surface area contributed by atoms with Crippen molar-refractivity contribution in [1.82, 2.24) is 10.6 Å². The molecule has 3 N–H and O–H groups in total. The lowest BCUT2D eigenvalue weighted by molar-refractivity contribution is 0.230. The minimum atomic E-state index is -0.402. The number of amides is 2. The van der Waals surface area contributed by atoms with E-state index in [1.165, 1.54) is 19.2 Å². The van der Waals surface area contributed by atoms with E-state index in [0.717, 1.165) is 6.42 Å². The molecule has 0 radical (unpaired) electrons. The zero-order valence-corrected chi connectivity index (χ0v) is 12.5. The number of hydrogen-bond donors (Lipinski definition) is 3. The molecule has 0 aromatic heterocycles. The third kappa shape index (κ3) is 6.44. The Kier molecular flexibility index (Phi) is 7.53. The molecule has 2 amide bonds. The van der Waals surface area contributed by atoms with Crippen LogP contribution in [0.2, 0.25) is 0 Å². The van der Waals surface area contributed by atoms with Crippen LogP contribution >= 0.6 is 0 Å². The van der Waals surface area contributed by atoms with Gasteiger partial charge in [-0.2, -0.15) is 0 Å². The highest BCUT2D eigenvalue weighted by atomic mass is 19.1. The molecule has 6 heteroatoms. The zero-order valence-electron chi connectivity index (χ0n) is 12.5. The van der Waals surface area contributed by atoms with Gasteiger partial charge in [-0.05, 0) is 30.0 Å². The molecule has 21 heavy (non-hydrogen) atoms. The van der Waals surface area contributed by atoms with Crippen LogP contribution in [0.25, 0.3) is 0 Å². The van der Waals surface area contributed by atoms with Crippen LogP contribution < -0.4 is 15.4 Å². The summed E-state index contributed by atoms with van der Waals surface area (Å²) in [5.41, 5.74) is 0.629. The molecule has 5 nitrogen and oxygen atoms in total. The third-order valence-electron chi connectivity index (χ3n) is 3.29. The maximum Gasteiger partial charge on any atom is 0.315 e. The molecule has 1 unspecified atom stereocenters. The van der Waals surface area contributed by atoms with E-state index in [2.05, 4.69) is 10.6 Å². The summed E-state index contributed by atoms with van der Waals surface area (Å²) in [6.07, 6.45) is 1.56. The summed E-state index contributed by atoms with van der Waals surface area (Å²) in [6.45, 7) is 2.86. The largest absolute Gasteiger partial charge is 0.497 e. The minimum absolute atomic E-state index is 0.116. The Balaban J connectivity index is 2.40. The predicted octanol–water partition coefficient (Wildman–Crippen LogP) is 2.04. The smallest absolute Gasteiger partial charge is 0.315 e. The SMILES string of the molecule is CCC(CCO)CNC(=O)NCc1cc(F)cc(OC)c1. The lowest BCUT2D eigenvalue weighted by Crippen LogP contribution is -2.38. The normalized spacial score (nSPS) is 11.8. The van der Waals surface area contributed by atoms with Gasteiger partial charge in [0.25, 0.3) is 0 Å². The van der Waals surface area contributed by atoms with Gasteiger partial charge in [0, 0.05) is 25.8 Å². The van der Waals surface area contributed by atoms with Crippen LogP contribution in [0.4, 0.5) is 9.18 Å². The van der Waals surface area contributed by atoms with Crippen LogP contribution in [-0.2, 0) is 6.54 Å². The summed E-state index contributed by atoms with van der Waals surface area (Å²) in [5, 5.41) is 14.3. The van der Waals surface area contributed by atoms with Crippen LogP contribution in [0.15, 0.2) is 18.2 Å². The first kappa shape index (κ1) is 17.2. The van der Waals surface area contributed by atoms with Gasteiger partial charge in [-0.25, -0.2) is 9.18 Å². The van der Waals surface area contributed by atoms with E-state index < -0.39 is 5.82 Å². The van der Waals surface area contributed by atoms with Crippen molar-refractivity contribution < 1.29 is 19.0 Å². The molecule has 0 bridgehead atoms. The highest BCUT2D eigenvalue weighted by Gasteiger charge is 2.08. The average molecular weight is 298 g/mol. The van der Waals surface area contributed by atoms with E-state index in [1.807, 2.05) is 6.92 Å². The number of methoxy groups -OCH3 is 1. The Bertz CT molecular complexity index is 455. The molecule has 1 aromatic carbocycles. The maximum atomic E-state index is 13.3. The Morgan fingerprint density at radius 1 is 1.38 bits per heavy atom. The molecular formula is C15H23FN2O3. The van der Waals surface area contributed by atoms with Gasteiger partial charge in [-0.15, -0.1) is 0 Å². The third-order valence-corrected chi connectivity index (χ3v) is 3.29. The van der Waals surface area contributed by atoms with Crippen molar-refractivity contribution in [2.45, 2.75) is 26.3 Å². The molecule has 0 saturated heterocycles. The molecule has 0 heterocycles. The van der Waals surface area contributed by atoms with Crippen molar-refractivity contribution in [2.24, 2.45) is 5.92 Å². The predicted molar refractivity (Wildman–Crippen MR) is 78.7 cm³/mol. The van der Waals surface area contributed by atoms with Gasteiger partial charge in [0.05, 0.1) is 7.11 Å². The number of carbonyl (C=O) groups is 1. The van der Waals surface area contributed by atoms with Crippen LogP contribution in [0.1, 0.15) is 25.3 Å². The number of rotatable bonds is 8. The minimum Gasteiger partial charge on any atom is -0.497 e. The van der Waals surface area contributed by atoms with Crippen molar-refractivity contribution in [3.63, 3.8) is 0 Å². The van der Waals surface area contributed by atoms with E-state index in [0.29, 0.717) is 24.3 Å². The Hall–Kier alpha value is -1.82. The second-order valence-electron chi connectivity index (χ2n) is 4.85. The second-order valence-corrected chi connectivity index (χ2v) is 4.85. The molecule has 0 spiro atoms. The second kappa shape index (κ2) is 9.18. The van der Waals surface area contributed by atoms with Gasteiger partial charge in [-0.3, -0.25) is 0 Å². The van der Waals surface area contributed by atoms with Crippen molar-refractivity contribution in [3.05, 3.63) is 29.6 Å². The lowest BCUT2D eigenvalue weighted by atomic mass is 10.0. The van der Waals surface area contributed by atoms with Crippen molar-refractivity contribution in [1.29, 1.82) is 0 Å². The molecule has 0 aliphatic carbocycles. The Morgan fingerprint density at radius 3 is 2.76 bits per heavy atom. The van der Waals surface area contributed by atoms with Crippen LogP contribution in [0.3, 0.4) is 0 Å². The molecule has 1 atom stereocenters. The number of hydrogen-bond acceptors (Lipinski definition) is 3. The summed E-state index contributed by atoms with van der Waals surface area (Å²) in [4.78, 5) is 11.7. The summed E-state index contributed by atoms with van der Waals surface area (Å²) in [6, 6.07) is 3.99. The highest BCUT2D eigenvalue weighted by Crippen LogP contribution is 2.15. The number of aliphatic hydroxyl groups is 1. The van der Waals surface area contributed by atoms with E-state index in [4.69, 9.17) is 9.84 Å². The molecule has 0 aliphatic heterocycles. The monoisotopic (exact) mass is 298 g/mol. The number of urea groups is 1. The van der Waals surface area contributed by atoms with E-state index in [9.17, 15) is 9.18 Å². The summed E-state index contributed by atoms with van der Waals surface area (Å²) >= 11 is 0. The lowest BCUT2D eigenvalue weighted by Gasteiger charge is -2.15. The Morgan fingerprint density at radius 2 is 2.14 bits per heavy atom. The summed E-state index contributed by atoms with van der Waals surface area (Å²) in [7, 11) is 1.46. The molecule has 118 valence electrons. The Labute approximate surface area is 124 Å². The molecule has 0 saturated carbocycles. The van der Waals surface area contributed by atoms with Crippen LogP contribution in [0.5, 0.6) is 5.75 Å². The standard InChI is InChI=1S/C15H23FN2O3/c1-3-11(4-5-19)9-17-15(20)18-10-12-6-13(16)8-14(7-12)21-2/h6-8,11,19H,3-5,9-10H2,1-2H3,(H2,17,18,20).